The third kappa shape index (κ3) is 4.16. The molecule has 108 valence electrons. The number of pyridine rings is 1. The second kappa shape index (κ2) is 7.04. The molecule has 0 amide bonds. The van der Waals surface area contributed by atoms with Crippen LogP contribution >= 0.6 is 15.9 Å². The lowest BCUT2D eigenvalue weighted by Crippen LogP contribution is -2.19. The molecule has 1 aromatic heterocycles. The number of aliphatic carboxylic acids is 1. The number of carbonyl (C=O) groups is 1. The maximum Gasteiger partial charge on any atom is 0.328 e. The molecule has 0 atom stereocenters. The van der Waals surface area contributed by atoms with E-state index in [0.717, 1.165) is 27.5 Å². The van der Waals surface area contributed by atoms with Crippen LogP contribution in [0.3, 0.4) is 0 Å². The van der Waals surface area contributed by atoms with Crippen molar-refractivity contribution < 1.29 is 9.90 Å². The van der Waals surface area contributed by atoms with Gasteiger partial charge in [0.1, 0.15) is 5.82 Å². The van der Waals surface area contributed by atoms with Crippen LogP contribution in [-0.4, -0.2) is 23.1 Å². The summed E-state index contributed by atoms with van der Waals surface area (Å²) in [5, 5.41) is 8.75. The highest BCUT2D eigenvalue weighted by atomic mass is 79.9. The van der Waals surface area contributed by atoms with E-state index in [2.05, 4.69) is 20.9 Å². The highest BCUT2D eigenvalue weighted by molar-refractivity contribution is 9.10. The zero-order valence-corrected chi connectivity index (χ0v) is 13.1. The monoisotopic (exact) mass is 346 g/mol. The summed E-state index contributed by atoms with van der Waals surface area (Å²) >= 11 is 3.53. The molecular weight excluding hydrogens is 332 g/mol. The zero-order chi connectivity index (χ0) is 15.2. The summed E-state index contributed by atoms with van der Waals surface area (Å²) in [7, 11) is 1.93. The number of hydrogen-bond donors (Lipinski definition) is 1. The number of hydrogen-bond acceptors (Lipinski definition) is 3. The van der Waals surface area contributed by atoms with Gasteiger partial charge in [0.05, 0.1) is 0 Å². The van der Waals surface area contributed by atoms with Crippen LogP contribution in [0, 0.1) is 0 Å². The van der Waals surface area contributed by atoms with E-state index in [-0.39, 0.29) is 0 Å². The lowest BCUT2D eigenvalue weighted by Gasteiger charge is -2.20. The summed E-state index contributed by atoms with van der Waals surface area (Å²) in [6.07, 6.45) is 4.37. The summed E-state index contributed by atoms with van der Waals surface area (Å²) in [6, 6.07) is 11.6. The maximum atomic E-state index is 10.7. The third-order valence-electron chi connectivity index (χ3n) is 2.95. The van der Waals surface area contributed by atoms with Crippen molar-refractivity contribution in [2.45, 2.75) is 6.54 Å². The molecule has 0 aliphatic rings. The molecule has 1 heterocycles. The standard InChI is InChI=1S/C16H15BrN2O2/c1-19(11-13-5-2-3-7-14(13)17)16-12(6-4-10-18-16)8-9-15(20)21/h2-10H,11H2,1H3,(H,20,21)/b9-8+. The van der Waals surface area contributed by atoms with Crippen molar-refractivity contribution in [2.75, 3.05) is 11.9 Å². The maximum absolute atomic E-state index is 10.7. The van der Waals surface area contributed by atoms with Gasteiger partial charge in [-0.1, -0.05) is 34.1 Å². The summed E-state index contributed by atoms with van der Waals surface area (Å²) in [6.45, 7) is 0.673. The second-order valence-electron chi connectivity index (χ2n) is 4.54. The Morgan fingerprint density at radius 1 is 1.33 bits per heavy atom. The first-order valence-electron chi connectivity index (χ1n) is 6.38. The Balaban J connectivity index is 2.25. The van der Waals surface area contributed by atoms with Crippen LogP contribution in [0.1, 0.15) is 11.1 Å². The van der Waals surface area contributed by atoms with E-state index in [9.17, 15) is 4.79 Å². The van der Waals surface area contributed by atoms with Crippen molar-refractivity contribution in [3.8, 4) is 0 Å². The minimum absolute atomic E-state index is 0.673. The minimum Gasteiger partial charge on any atom is -0.478 e. The number of carboxylic acids is 1. The van der Waals surface area contributed by atoms with Crippen LogP contribution < -0.4 is 4.90 Å². The highest BCUT2D eigenvalue weighted by Gasteiger charge is 2.09. The molecule has 4 nitrogen and oxygen atoms in total. The fraction of sp³-hybridized carbons (Fsp3) is 0.125. The van der Waals surface area contributed by atoms with Gasteiger partial charge in [0, 0.05) is 35.9 Å². The first-order valence-corrected chi connectivity index (χ1v) is 7.18. The molecule has 0 saturated heterocycles. The van der Waals surface area contributed by atoms with Crippen molar-refractivity contribution in [3.63, 3.8) is 0 Å². The largest absolute Gasteiger partial charge is 0.478 e. The predicted molar refractivity (Wildman–Crippen MR) is 87.2 cm³/mol. The lowest BCUT2D eigenvalue weighted by atomic mass is 10.2. The van der Waals surface area contributed by atoms with Gasteiger partial charge in [0.25, 0.3) is 0 Å². The smallest absolute Gasteiger partial charge is 0.328 e. The molecule has 5 heteroatoms. The Hall–Kier alpha value is -2.14. The third-order valence-corrected chi connectivity index (χ3v) is 3.72. The highest BCUT2D eigenvalue weighted by Crippen LogP contribution is 2.22. The summed E-state index contributed by atoms with van der Waals surface area (Å²) in [5.74, 6) is -0.232. The average Bonchev–Trinajstić information content (AvgIpc) is 2.47. The van der Waals surface area contributed by atoms with Gasteiger partial charge in [-0.05, 0) is 29.8 Å². The van der Waals surface area contributed by atoms with Gasteiger partial charge in [-0.2, -0.15) is 0 Å². The predicted octanol–water partition coefficient (Wildman–Crippen LogP) is 3.58. The van der Waals surface area contributed by atoms with Gasteiger partial charge >= 0.3 is 5.97 Å². The molecule has 0 aliphatic heterocycles. The fourth-order valence-corrected chi connectivity index (χ4v) is 2.39. The van der Waals surface area contributed by atoms with E-state index in [1.54, 1.807) is 18.3 Å². The van der Waals surface area contributed by atoms with Crippen molar-refractivity contribution in [1.29, 1.82) is 0 Å². The number of benzene rings is 1. The Bertz CT molecular complexity index is 671. The molecule has 0 fully saturated rings. The van der Waals surface area contributed by atoms with Crippen LogP contribution in [0.2, 0.25) is 0 Å². The zero-order valence-electron chi connectivity index (χ0n) is 11.5. The second-order valence-corrected chi connectivity index (χ2v) is 5.39. The first kappa shape index (κ1) is 15.3. The Morgan fingerprint density at radius 3 is 2.81 bits per heavy atom. The van der Waals surface area contributed by atoms with Crippen LogP contribution in [0.4, 0.5) is 5.82 Å². The molecule has 0 bridgehead atoms. The van der Waals surface area contributed by atoms with E-state index in [0.29, 0.717) is 6.54 Å². The van der Waals surface area contributed by atoms with Gasteiger partial charge in [0.2, 0.25) is 0 Å². The van der Waals surface area contributed by atoms with Crippen molar-refractivity contribution in [2.24, 2.45) is 0 Å². The van der Waals surface area contributed by atoms with Crippen LogP contribution in [0.5, 0.6) is 0 Å². The van der Waals surface area contributed by atoms with E-state index < -0.39 is 5.97 Å². The molecule has 0 aliphatic carbocycles. The molecule has 0 unspecified atom stereocenters. The number of rotatable bonds is 5. The van der Waals surface area contributed by atoms with Gasteiger partial charge in [-0.3, -0.25) is 0 Å². The average molecular weight is 347 g/mol. The normalized spacial score (nSPS) is 10.8. The van der Waals surface area contributed by atoms with Gasteiger partial charge in [-0.25, -0.2) is 9.78 Å². The minimum atomic E-state index is -0.974. The molecule has 0 radical (unpaired) electrons. The Kier molecular flexibility index (Phi) is 5.11. The first-order chi connectivity index (χ1) is 10.1. The van der Waals surface area contributed by atoms with E-state index in [4.69, 9.17) is 5.11 Å². The topological polar surface area (TPSA) is 53.4 Å². The molecule has 21 heavy (non-hydrogen) atoms. The van der Waals surface area contributed by atoms with Crippen LogP contribution in [0.15, 0.2) is 53.1 Å². The van der Waals surface area contributed by atoms with Crippen LogP contribution in [-0.2, 0) is 11.3 Å². The lowest BCUT2D eigenvalue weighted by molar-refractivity contribution is -0.131. The molecule has 1 N–H and O–H groups in total. The van der Waals surface area contributed by atoms with Crippen molar-refractivity contribution in [1.82, 2.24) is 4.98 Å². The summed E-state index contributed by atoms with van der Waals surface area (Å²) in [4.78, 5) is 17.0. The van der Waals surface area contributed by atoms with E-state index >= 15 is 0 Å². The van der Waals surface area contributed by atoms with Gasteiger partial charge in [-0.15, -0.1) is 0 Å². The number of halogens is 1. The van der Waals surface area contributed by atoms with E-state index in [1.807, 2.05) is 42.3 Å². The molecule has 0 spiro atoms. The number of carboxylic acid groups (broad SMARTS) is 1. The SMILES string of the molecule is CN(Cc1ccccc1Br)c1ncccc1/C=C/C(=O)O. The van der Waals surface area contributed by atoms with Crippen molar-refractivity contribution in [3.05, 3.63) is 64.3 Å². The quantitative estimate of drug-likeness (QED) is 0.840. The fourth-order valence-electron chi connectivity index (χ4n) is 1.98. The van der Waals surface area contributed by atoms with Gasteiger partial charge in [0.15, 0.2) is 0 Å². The molecular formula is C16H15BrN2O2. The Labute approximate surface area is 131 Å². The Morgan fingerprint density at radius 2 is 2.10 bits per heavy atom. The number of anilines is 1. The van der Waals surface area contributed by atoms with Gasteiger partial charge < -0.3 is 10.0 Å². The van der Waals surface area contributed by atoms with E-state index in [1.165, 1.54) is 0 Å². The van der Waals surface area contributed by atoms with Crippen LogP contribution in [0.25, 0.3) is 6.08 Å². The number of nitrogens with zero attached hydrogens (tertiary/aromatic N) is 2. The molecule has 0 saturated carbocycles. The van der Waals surface area contributed by atoms with Crippen molar-refractivity contribution >= 4 is 33.8 Å². The summed E-state index contributed by atoms with van der Waals surface area (Å²) < 4.78 is 1.04. The molecule has 2 aromatic rings. The molecule has 1 aromatic carbocycles. The molecule has 2 rings (SSSR count). The summed E-state index contributed by atoms with van der Waals surface area (Å²) in [5.41, 5.74) is 1.91. The number of aromatic nitrogens is 1.